The fourth-order valence-corrected chi connectivity index (χ4v) is 3.14. The molecule has 0 aromatic carbocycles. The van der Waals surface area contributed by atoms with Crippen molar-refractivity contribution in [3.05, 3.63) is 35.9 Å². The smallest absolute Gasteiger partial charge is 0.334 e. The number of esters is 1. The summed E-state index contributed by atoms with van der Waals surface area (Å²) in [6.07, 6.45) is 5.90. The van der Waals surface area contributed by atoms with Crippen molar-refractivity contribution in [2.24, 2.45) is 5.92 Å². The van der Waals surface area contributed by atoms with E-state index >= 15 is 0 Å². The van der Waals surface area contributed by atoms with Crippen molar-refractivity contribution in [3.8, 4) is 0 Å². The highest BCUT2D eigenvalue weighted by Gasteiger charge is 2.34. The Morgan fingerprint density at radius 2 is 2.24 bits per heavy atom. The molecule has 0 bridgehead atoms. The molecule has 0 aliphatic heterocycles. The van der Waals surface area contributed by atoms with Gasteiger partial charge in [0.05, 0.1) is 25.1 Å². The Morgan fingerprint density at radius 1 is 1.52 bits per heavy atom. The van der Waals surface area contributed by atoms with E-state index in [9.17, 15) is 17.6 Å². The van der Waals surface area contributed by atoms with E-state index < -0.39 is 28.9 Å². The van der Waals surface area contributed by atoms with Crippen LogP contribution in [0.1, 0.15) is 6.92 Å². The number of methoxy groups -OCH3 is 1. The molecule has 0 saturated carbocycles. The number of nitrogens with zero attached hydrogens (tertiary/aromatic N) is 2. The highest BCUT2D eigenvalue weighted by atomic mass is 32.2. The maximum atomic E-state index is 13.4. The summed E-state index contributed by atoms with van der Waals surface area (Å²) >= 11 is 0. The SMILES string of the molecule is COC(=O)C1=CC(C)=C(n2ccnc2)C(=S(=O)=O)C1CF. The molecule has 0 spiro atoms. The third-order valence-electron chi connectivity index (χ3n) is 3.19. The van der Waals surface area contributed by atoms with Crippen LogP contribution in [0.5, 0.6) is 0 Å². The van der Waals surface area contributed by atoms with Crippen molar-refractivity contribution in [2.45, 2.75) is 6.92 Å². The normalized spacial score (nSPS) is 18.5. The first-order valence-corrected chi connectivity index (χ1v) is 7.10. The average molecular weight is 312 g/mol. The predicted octanol–water partition coefficient (Wildman–Crippen LogP) is 0.864. The van der Waals surface area contributed by atoms with Gasteiger partial charge in [0.15, 0.2) is 0 Å². The highest BCUT2D eigenvalue weighted by molar-refractivity contribution is 7.74. The van der Waals surface area contributed by atoms with E-state index in [1.807, 2.05) is 0 Å². The third-order valence-corrected chi connectivity index (χ3v) is 4.03. The Labute approximate surface area is 122 Å². The number of aromatic nitrogens is 2. The number of carbonyl (C=O) groups is 1. The van der Waals surface area contributed by atoms with Crippen molar-refractivity contribution >= 4 is 26.8 Å². The number of hydrogen-bond donors (Lipinski definition) is 0. The van der Waals surface area contributed by atoms with Crippen LogP contribution in [0.2, 0.25) is 0 Å². The predicted molar refractivity (Wildman–Crippen MR) is 74.6 cm³/mol. The summed E-state index contributed by atoms with van der Waals surface area (Å²) in [5, 5.41) is 0. The van der Waals surface area contributed by atoms with Gasteiger partial charge in [0.1, 0.15) is 11.5 Å². The molecule has 0 amide bonds. The average Bonchev–Trinajstić information content (AvgIpc) is 2.98. The van der Waals surface area contributed by atoms with E-state index in [0.29, 0.717) is 11.3 Å². The summed E-state index contributed by atoms with van der Waals surface area (Å²) < 4.78 is 42.6. The van der Waals surface area contributed by atoms with Gasteiger partial charge in [-0.2, -0.15) is 8.42 Å². The fraction of sp³-hybridized carbons (Fsp3) is 0.308. The van der Waals surface area contributed by atoms with Crippen LogP contribution < -0.4 is 0 Å². The van der Waals surface area contributed by atoms with Crippen LogP contribution in [0.3, 0.4) is 0 Å². The molecule has 1 aromatic heterocycles. The van der Waals surface area contributed by atoms with E-state index in [0.717, 1.165) is 7.11 Å². The zero-order valence-electron chi connectivity index (χ0n) is 11.4. The number of carbonyl (C=O) groups excluding carboxylic acids is 1. The van der Waals surface area contributed by atoms with E-state index in [1.165, 1.54) is 23.2 Å². The molecule has 112 valence electrons. The van der Waals surface area contributed by atoms with Crippen LogP contribution in [0, 0.1) is 5.92 Å². The van der Waals surface area contributed by atoms with Crippen LogP contribution >= 0.6 is 0 Å². The molecule has 1 heterocycles. The summed E-state index contributed by atoms with van der Waals surface area (Å²) in [5.74, 6) is -1.93. The summed E-state index contributed by atoms with van der Waals surface area (Å²) in [5.41, 5.74) is 0.800. The first kappa shape index (κ1) is 15.2. The van der Waals surface area contributed by atoms with E-state index in [-0.39, 0.29) is 10.4 Å². The van der Waals surface area contributed by atoms with E-state index in [4.69, 9.17) is 0 Å². The Morgan fingerprint density at radius 3 is 2.71 bits per heavy atom. The van der Waals surface area contributed by atoms with Crippen LogP contribution in [-0.4, -0.2) is 42.6 Å². The zero-order chi connectivity index (χ0) is 15.6. The number of halogens is 1. The molecule has 1 aliphatic carbocycles. The second-order valence-corrected chi connectivity index (χ2v) is 5.31. The van der Waals surface area contributed by atoms with Crippen molar-refractivity contribution < 1.29 is 22.3 Å². The molecule has 0 radical (unpaired) electrons. The van der Waals surface area contributed by atoms with Gasteiger partial charge in [-0.25, -0.2) is 9.78 Å². The van der Waals surface area contributed by atoms with Crippen molar-refractivity contribution in [1.29, 1.82) is 0 Å². The lowest BCUT2D eigenvalue weighted by atomic mass is 9.87. The number of imidazole rings is 1. The maximum absolute atomic E-state index is 13.4. The Hall–Kier alpha value is -2.22. The molecule has 21 heavy (non-hydrogen) atoms. The lowest BCUT2D eigenvalue weighted by Gasteiger charge is -2.24. The lowest BCUT2D eigenvalue weighted by molar-refractivity contribution is -0.136. The Balaban J connectivity index is 2.75. The second kappa shape index (κ2) is 6.04. The van der Waals surface area contributed by atoms with Gasteiger partial charge in [0.2, 0.25) is 10.3 Å². The summed E-state index contributed by atoms with van der Waals surface area (Å²) in [7, 11) is -1.52. The summed E-state index contributed by atoms with van der Waals surface area (Å²) in [6, 6.07) is 0. The molecule has 0 fully saturated rings. The molecule has 0 N–H and O–H groups in total. The van der Waals surface area contributed by atoms with Gasteiger partial charge in [-0.15, -0.1) is 0 Å². The monoisotopic (exact) mass is 312 g/mol. The quantitative estimate of drug-likeness (QED) is 0.611. The van der Waals surface area contributed by atoms with Gasteiger partial charge in [0, 0.05) is 18.0 Å². The minimum absolute atomic E-state index is 0.0134. The first-order valence-electron chi connectivity index (χ1n) is 6.02. The molecular formula is C13H13FN2O4S. The van der Waals surface area contributed by atoms with Gasteiger partial charge < -0.3 is 9.30 Å². The van der Waals surface area contributed by atoms with Gasteiger partial charge in [0.25, 0.3) is 0 Å². The minimum atomic E-state index is -2.68. The number of hydrogen-bond acceptors (Lipinski definition) is 5. The van der Waals surface area contributed by atoms with Gasteiger partial charge in [-0.3, -0.25) is 4.39 Å². The molecule has 1 aliphatic rings. The Kier molecular flexibility index (Phi) is 4.37. The topological polar surface area (TPSA) is 78.3 Å². The minimum Gasteiger partial charge on any atom is -0.466 e. The summed E-state index contributed by atoms with van der Waals surface area (Å²) in [4.78, 5) is 15.4. The molecule has 1 unspecified atom stereocenters. The fourth-order valence-electron chi connectivity index (χ4n) is 2.29. The second-order valence-electron chi connectivity index (χ2n) is 4.40. The highest BCUT2D eigenvalue weighted by Crippen LogP contribution is 2.30. The molecule has 1 atom stereocenters. The first-order chi connectivity index (χ1) is 10.0. The van der Waals surface area contributed by atoms with Crippen LogP contribution in [-0.2, 0) is 19.8 Å². The maximum Gasteiger partial charge on any atom is 0.334 e. The van der Waals surface area contributed by atoms with E-state index in [1.54, 1.807) is 13.1 Å². The van der Waals surface area contributed by atoms with Gasteiger partial charge in [-0.05, 0) is 18.6 Å². The van der Waals surface area contributed by atoms with Crippen LogP contribution in [0.15, 0.2) is 35.9 Å². The number of alkyl halides is 1. The third kappa shape index (κ3) is 2.66. The molecule has 1 aromatic rings. The molecule has 8 heteroatoms. The lowest BCUT2D eigenvalue weighted by Crippen LogP contribution is -2.31. The van der Waals surface area contributed by atoms with Crippen LogP contribution in [0.25, 0.3) is 5.70 Å². The van der Waals surface area contributed by atoms with Crippen molar-refractivity contribution in [2.75, 3.05) is 13.8 Å². The van der Waals surface area contributed by atoms with Crippen LogP contribution in [0.4, 0.5) is 4.39 Å². The number of ether oxygens (including phenoxy) is 1. The molecule has 6 nitrogen and oxygen atoms in total. The zero-order valence-corrected chi connectivity index (χ0v) is 12.2. The van der Waals surface area contributed by atoms with Crippen molar-refractivity contribution in [1.82, 2.24) is 9.55 Å². The van der Waals surface area contributed by atoms with Gasteiger partial charge >= 0.3 is 5.97 Å². The van der Waals surface area contributed by atoms with E-state index in [2.05, 4.69) is 9.72 Å². The van der Waals surface area contributed by atoms with Gasteiger partial charge in [-0.1, -0.05) is 0 Å². The summed E-state index contributed by atoms with van der Waals surface area (Å²) in [6.45, 7) is 0.620. The van der Waals surface area contributed by atoms with Crippen molar-refractivity contribution in [3.63, 3.8) is 0 Å². The number of allylic oxidation sites excluding steroid dienone is 3. The molecule has 2 rings (SSSR count). The number of rotatable bonds is 3. The molecular weight excluding hydrogens is 299 g/mol. The Bertz CT molecular complexity index is 752. The standard InChI is InChI=1S/C13H13FN2O4S/c1-8-5-9(13(17)20-2)10(6-14)12(21(18)19)11(8)16-4-3-15-7-16/h3-5,7,10H,6H2,1-2H3. The molecule has 0 saturated heterocycles. The largest absolute Gasteiger partial charge is 0.466 e.